The molecular weight excluding hydrogens is 717 g/mol. The van der Waals surface area contributed by atoms with Gasteiger partial charge in [0, 0.05) is 51.7 Å². The van der Waals surface area contributed by atoms with Crippen molar-refractivity contribution in [2.24, 2.45) is 9.98 Å². The molecule has 0 fully saturated rings. The maximum Gasteiger partial charge on any atom is 0.262 e. The number of fused-ring (bicyclic) bond motifs is 2. The standard InChI is InChI=1S/2C25H23N3O/c2*1-27(2)18-21-24(20-13-7-4-8-14-20)26-22-15-9-10-16-23(22)28(25(21)29)17-19-11-5-3-6-12-19/h2*3-16,18H,17H2,1-2H3/b2*21-18+. The monoisotopic (exact) mass is 762 g/mol. The SMILES string of the molecule is CN(C)/C=C1/C(=O)N(Cc2ccccc2)c2ccccc2N=C1c1ccccc1.CN(C)/C=C1/C(=O)N(Cc2ccccc2)c2ccccc2N=C1c1ccccc1. The molecule has 6 aromatic rings. The summed E-state index contributed by atoms with van der Waals surface area (Å²) in [7, 11) is 7.68. The van der Waals surface area contributed by atoms with Crippen molar-refractivity contribution < 1.29 is 9.59 Å². The molecule has 2 heterocycles. The zero-order chi connectivity index (χ0) is 40.4. The second-order valence-corrected chi connectivity index (χ2v) is 14.4. The molecule has 0 aromatic heterocycles. The van der Waals surface area contributed by atoms with Crippen LogP contribution in [-0.2, 0) is 22.7 Å². The van der Waals surface area contributed by atoms with Crippen molar-refractivity contribution in [3.8, 4) is 0 Å². The molecule has 2 amide bonds. The topological polar surface area (TPSA) is 71.8 Å². The average molecular weight is 763 g/mol. The smallest absolute Gasteiger partial charge is 0.262 e. The summed E-state index contributed by atoms with van der Waals surface area (Å²) in [5.41, 5.74) is 9.73. The number of benzene rings is 6. The van der Waals surface area contributed by atoms with Gasteiger partial charge in [-0.2, -0.15) is 0 Å². The lowest BCUT2D eigenvalue weighted by Crippen LogP contribution is -2.33. The Hall–Kier alpha value is -7.32. The second-order valence-electron chi connectivity index (χ2n) is 14.4. The van der Waals surface area contributed by atoms with E-state index in [1.165, 1.54) is 0 Å². The molecule has 8 heteroatoms. The van der Waals surface area contributed by atoms with Crippen molar-refractivity contribution in [3.05, 3.63) is 216 Å². The van der Waals surface area contributed by atoms with Crippen molar-refractivity contribution >= 4 is 46.0 Å². The zero-order valence-electron chi connectivity index (χ0n) is 33.2. The summed E-state index contributed by atoms with van der Waals surface area (Å²) in [6.45, 7) is 0.970. The van der Waals surface area contributed by atoms with Gasteiger partial charge in [-0.15, -0.1) is 0 Å². The summed E-state index contributed by atoms with van der Waals surface area (Å²) < 4.78 is 0. The lowest BCUT2D eigenvalue weighted by molar-refractivity contribution is -0.115. The molecule has 6 aromatic carbocycles. The van der Waals surface area contributed by atoms with Gasteiger partial charge in [-0.05, 0) is 35.4 Å². The number of anilines is 2. The van der Waals surface area contributed by atoms with E-state index in [2.05, 4.69) is 0 Å². The first kappa shape index (κ1) is 38.9. The predicted octanol–water partition coefficient (Wildman–Crippen LogP) is 9.60. The predicted molar refractivity (Wildman–Crippen MR) is 237 cm³/mol. The first-order valence-corrected chi connectivity index (χ1v) is 19.2. The quantitative estimate of drug-likeness (QED) is 0.145. The molecule has 288 valence electrons. The van der Waals surface area contributed by atoms with Gasteiger partial charge in [-0.1, -0.05) is 146 Å². The van der Waals surface area contributed by atoms with Crippen LogP contribution in [0.1, 0.15) is 22.3 Å². The fourth-order valence-electron chi connectivity index (χ4n) is 6.87. The Kier molecular flexibility index (Phi) is 12.1. The van der Waals surface area contributed by atoms with Crippen molar-refractivity contribution in [1.29, 1.82) is 0 Å². The number of para-hydroxylation sites is 4. The van der Waals surface area contributed by atoms with E-state index in [9.17, 15) is 9.59 Å². The minimum Gasteiger partial charge on any atom is -0.383 e. The van der Waals surface area contributed by atoms with Gasteiger partial charge in [0.1, 0.15) is 0 Å². The lowest BCUT2D eigenvalue weighted by atomic mass is 10.0. The van der Waals surface area contributed by atoms with E-state index >= 15 is 0 Å². The fourth-order valence-corrected chi connectivity index (χ4v) is 6.87. The zero-order valence-corrected chi connectivity index (χ0v) is 33.2. The van der Waals surface area contributed by atoms with Crippen LogP contribution in [0.15, 0.2) is 203 Å². The molecule has 8 rings (SSSR count). The van der Waals surface area contributed by atoms with E-state index in [1.54, 1.807) is 0 Å². The van der Waals surface area contributed by atoms with Gasteiger partial charge in [-0.25, -0.2) is 9.98 Å². The Bertz CT molecular complexity index is 2320. The van der Waals surface area contributed by atoms with Gasteiger partial charge in [-0.3, -0.25) is 9.59 Å². The van der Waals surface area contributed by atoms with Crippen LogP contribution in [0.3, 0.4) is 0 Å². The Morgan fingerprint density at radius 1 is 0.431 bits per heavy atom. The molecule has 58 heavy (non-hydrogen) atoms. The van der Waals surface area contributed by atoms with Crippen molar-refractivity contribution in [3.63, 3.8) is 0 Å². The van der Waals surface area contributed by atoms with E-state index < -0.39 is 0 Å². The number of hydrogen-bond donors (Lipinski definition) is 0. The van der Waals surface area contributed by atoms with Crippen molar-refractivity contribution in [1.82, 2.24) is 9.80 Å². The highest BCUT2D eigenvalue weighted by molar-refractivity contribution is 6.34. The van der Waals surface area contributed by atoms with E-state index in [0.717, 1.165) is 45.0 Å². The highest BCUT2D eigenvalue weighted by Gasteiger charge is 2.31. The molecule has 0 saturated heterocycles. The molecule has 2 aliphatic rings. The van der Waals surface area contributed by atoms with Crippen molar-refractivity contribution in [2.75, 3.05) is 38.0 Å². The fraction of sp³-hybridized carbons (Fsp3) is 0.120. The molecule has 0 atom stereocenters. The molecule has 0 aliphatic carbocycles. The largest absolute Gasteiger partial charge is 0.383 e. The summed E-state index contributed by atoms with van der Waals surface area (Å²) in [6.07, 6.45) is 3.72. The van der Waals surface area contributed by atoms with Gasteiger partial charge >= 0.3 is 0 Å². The molecule has 2 aliphatic heterocycles. The van der Waals surface area contributed by atoms with Gasteiger partial charge in [0.05, 0.1) is 58.4 Å². The minimum absolute atomic E-state index is 0.0601. The number of nitrogens with zero attached hydrogens (tertiary/aromatic N) is 6. The van der Waals surface area contributed by atoms with E-state index in [-0.39, 0.29) is 11.8 Å². The number of hydrogen-bond acceptors (Lipinski definition) is 6. The van der Waals surface area contributed by atoms with Crippen molar-refractivity contribution in [2.45, 2.75) is 13.1 Å². The molecule has 0 saturated carbocycles. The van der Waals surface area contributed by atoms with E-state index in [1.807, 2.05) is 230 Å². The molecule has 0 N–H and O–H groups in total. The molecular formula is C50H46N6O2. The van der Waals surface area contributed by atoms with Gasteiger partial charge in [0.15, 0.2) is 0 Å². The number of rotatable bonds is 8. The number of amides is 2. The first-order chi connectivity index (χ1) is 28.3. The van der Waals surface area contributed by atoms with Crippen LogP contribution in [0.25, 0.3) is 0 Å². The Morgan fingerprint density at radius 3 is 1.09 bits per heavy atom. The Labute approximate surface area is 341 Å². The Balaban J connectivity index is 0.000000177. The van der Waals surface area contributed by atoms with Gasteiger partial charge in [0.2, 0.25) is 0 Å². The van der Waals surface area contributed by atoms with Crippen LogP contribution in [0, 0.1) is 0 Å². The number of carbonyl (C=O) groups is 2. The first-order valence-electron chi connectivity index (χ1n) is 19.2. The highest BCUT2D eigenvalue weighted by Crippen LogP contribution is 2.37. The second kappa shape index (κ2) is 18.1. The van der Waals surface area contributed by atoms with Crippen LogP contribution in [0.2, 0.25) is 0 Å². The van der Waals surface area contributed by atoms with E-state index in [0.29, 0.717) is 35.7 Å². The minimum atomic E-state index is -0.0601. The van der Waals surface area contributed by atoms with E-state index in [4.69, 9.17) is 9.98 Å². The maximum atomic E-state index is 13.8. The number of carbonyl (C=O) groups excluding carboxylic acids is 2. The molecule has 0 unspecified atom stereocenters. The molecule has 0 spiro atoms. The third-order valence-corrected chi connectivity index (χ3v) is 9.51. The molecule has 0 radical (unpaired) electrons. The molecule has 8 nitrogen and oxygen atoms in total. The summed E-state index contributed by atoms with van der Waals surface area (Å²) >= 11 is 0. The highest BCUT2D eigenvalue weighted by atomic mass is 16.2. The van der Waals surface area contributed by atoms with Crippen LogP contribution >= 0.6 is 0 Å². The number of aliphatic imine (C=N–C) groups is 2. The summed E-state index contributed by atoms with van der Waals surface area (Å²) in [5.74, 6) is -0.120. The van der Waals surface area contributed by atoms with Crippen LogP contribution in [0.4, 0.5) is 22.7 Å². The normalized spacial score (nSPS) is 15.0. The average Bonchev–Trinajstić information content (AvgIpc) is 3.43. The van der Waals surface area contributed by atoms with Crippen LogP contribution in [-0.4, -0.2) is 61.2 Å². The van der Waals surface area contributed by atoms with Crippen LogP contribution < -0.4 is 9.80 Å². The summed E-state index contributed by atoms with van der Waals surface area (Å²) in [5, 5.41) is 0. The van der Waals surface area contributed by atoms with Gasteiger partial charge in [0.25, 0.3) is 11.8 Å². The maximum absolute atomic E-state index is 13.8. The third kappa shape index (κ3) is 9.03. The third-order valence-electron chi connectivity index (χ3n) is 9.51. The van der Waals surface area contributed by atoms with Crippen LogP contribution in [0.5, 0.6) is 0 Å². The summed E-state index contributed by atoms with van der Waals surface area (Å²) in [4.78, 5) is 44.9. The van der Waals surface area contributed by atoms with Gasteiger partial charge < -0.3 is 19.6 Å². The molecule has 0 bridgehead atoms. The summed E-state index contributed by atoms with van der Waals surface area (Å²) in [6, 6.07) is 55.5. The Morgan fingerprint density at radius 2 is 0.741 bits per heavy atom. The lowest BCUT2D eigenvalue weighted by Gasteiger charge is -2.24.